The van der Waals surface area contributed by atoms with E-state index in [1.807, 2.05) is 13.8 Å². The molecule has 0 saturated heterocycles. The van der Waals surface area contributed by atoms with Gasteiger partial charge in [0.05, 0.1) is 16.1 Å². The number of halogens is 2. The molecule has 2 amide bonds. The Balaban J connectivity index is 2.62. The molecule has 0 aliphatic heterocycles. The van der Waals surface area contributed by atoms with E-state index in [1.165, 1.54) is 0 Å². The third-order valence-electron chi connectivity index (χ3n) is 2.96. The van der Waals surface area contributed by atoms with E-state index in [-0.39, 0.29) is 5.92 Å². The summed E-state index contributed by atoms with van der Waals surface area (Å²) in [5.41, 5.74) is 6.31. The maximum atomic E-state index is 11.9. The van der Waals surface area contributed by atoms with Crippen molar-refractivity contribution in [3.8, 4) is 0 Å². The fourth-order valence-corrected chi connectivity index (χ4v) is 1.82. The molecule has 0 radical (unpaired) electrons. The zero-order chi connectivity index (χ0) is 16.2. The summed E-state index contributed by atoms with van der Waals surface area (Å²) in [5.74, 6) is -0.990. The minimum Gasteiger partial charge on any atom is -0.374 e. The molecule has 1 rings (SSSR count). The van der Waals surface area contributed by atoms with Crippen molar-refractivity contribution in [1.29, 1.82) is 0 Å². The van der Waals surface area contributed by atoms with E-state index in [9.17, 15) is 9.59 Å². The molecular formula is C14H19Cl2N3O2. The highest BCUT2D eigenvalue weighted by Crippen LogP contribution is 2.25. The molecule has 0 bridgehead atoms. The number of carbonyl (C=O) groups is 2. The second-order valence-corrected chi connectivity index (χ2v) is 5.93. The van der Waals surface area contributed by atoms with Gasteiger partial charge in [-0.15, -0.1) is 0 Å². The Hall–Kier alpha value is -1.30. The maximum absolute atomic E-state index is 11.9. The van der Waals surface area contributed by atoms with Crippen molar-refractivity contribution in [3.05, 3.63) is 28.2 Å². The van der Waals surface area contributed by atoms with E-state index in [2.05, 4.69) is 10.6 Å². The normalized spacial score (nSPS) is 13.7. The summed E-state index contributed by atoms with van der Waals surface area (Å²) in [6, 6.07) is 3.59. The molecule has 4 N–H and O–H groups in total. The molecule has 21 heavy (non-hydrogen) atoms. The van der Waals surface area contributed by atoms with Crippen LogP contribution in [0, 0.1) is 5.92 Å². The average Bonchev–Trinajstić information content (AvgIpc) is 2.41. The van der Waals surface area contributed by atoms with Crippen LogP contribution in [0.2, 0.25) is 10.0 Å². The molecule has 1 aromatic carbocycles. The number of hydrogen-bond acceptors (Lipinski definition) is 4. The molecule has 0 aromatic heterocycles. The van der Waals surface area contributed by atoms with E-state index in [0.717, 1.165) is 0 Å². The third kappa shape index (κ3) is 5.19. The van der Waals surface area contributed by atoms with Crippen molar-refractivity contribution in [2.75, 3.05) is 5.32 Å². The van der Waals surface area contributed by atoms with Crippen molar-refractivity contribution in [2.45, 2.75) is 32.9 Å². The lowest BCUT2D eigenvalue weighted by Gasteiger charge is -2.18. The number of amides is 2. The summed E-state index contributed by atoms with van der Waals surface area (Å²) >= 11 is 11.7. The van der Waals surface area contributed by atoms with E-state index >= 15 is 0 Å². The summed E-state index contributed by atoms with van der Waals surface area (Å²) in [6.45, 7) is 5.25. The fraction of sp³-hybridized carbons (Fsp3) is 0.429. The molecule has 5 nitrogen and oxygen atoms in total. The molecule has 2 atom stereocenters. The van der Waals surface area contributed by atoms with Crippen LogP contribution in [0.4, 0.5) is 5.69 Å². The first-order valence-electron chi connectivity index (χ1n) is 6.54. The molecule has 0 unspecified atom stereocenters. The van der Waals surface area contributed by atoms with Gasteiger partial charge in [0.2, 0.25) is 11.8 Å². The first-order valence-corrected chi connectivity index (χ1v) is 7.29. The molecule has 0 fully saturated rings. The SMILES string of the molecule is CC(C)[C@H](N)C(=O)NC(=O)[C@H](C)Nc1ccc(Cl)c(Cl)c1. The van der Waals surface area contributed by atoms with Crippen LogP contribution in [0.5, 0.6) is 0 Å². The summed E-state index contributed by atoms with van der Waals surface area (Å²) < 4.78 is 0. The second-order valence-electron chi connectivity index (χ2n) is 5.12. The number of hydrogen-bond donors (Lipinski definition) is 3. The molecule has 0 spiro atoms. The van der Waals surface area contributed by atoms with Gasteiger partial charge in [-0.25, -0.2) is 0 Å². The van der Waals surface area contributed by atoms with Crippen LogP contribution >= 0.6 is 23.2 Å². The quantitative estimate of drug-likeness (QED) is 0.773. The van der Waals surface area contributed by atoms with Crippen molar-refractivity contribution in [3.63, 3.8) is 0 Å². The topological polar surface area (TPSA) is 84.2 Å². The van der Waals surface area contributed by atoms with Crippen LogP contribution in [-0.2, 0) is 9.59 Å². The predicted molar refractivity (Wildman–Crippen MR) is 85.5 cm³/mol. The number of nitrogens with one attached hydrogen (secondary N) is 2. The molecule has 0 heterocycles. The highest BCUT2D eigenvalue weighted by Gasteiger charge is 2.22. The van der Waals surface area contributed by atoms with Crippen LogP contribution < -0.4 is 16.4 Å². The first kappa shape index (κ1) is 17.8. The molecular weight excluding hydrogens is 313 g/mol. The lowest BCUT2D eigenvalue weighted by molar-refractivity contribution is -0.131. The van der Waals surface area contributed by atoms with Crippen molar-refractivity contribution in [1.82, 2.24) is 5.32 Å². The Labute approximate surface area is 134 Å². The van der Waals surface area contributed by atoms with E-state index in [4.69, 9.17) is 28.9 Å². The van der Waals surface area contributed by atoms with Crippen molar-refractivity contribution >= 4 is 40.7 Å². The fourth-order valence-electron chi connectivity index (χ4n) is 1.52. The summed E-state index contributed by atoms with van der Waals surface area (Å²) in [7, 11) is 0. The lowest BCUT2D eigenvalue weighted by Crippen LogP contribution is -2.49. The minimum absolute atomic E-state index is 0.0452. The first-order chi connectivity index (χ1) is 9.72. The molecule has 0 saturated carbocycles. The van der Waals surface area contributed by atoms with Crippen LogP contribution in [0.3, 0.4) is 0 Å². The maximum Gasteiger partial charge on any atom is 0.248 e. The number of carbonyl (C=O) groups excluding carboxylic acids is 2. The molecule has 0 aliphatic carbocycles. The zero-order valence-electron chi connectivity index (χ0n) is 12.1. The highest BCUT2D eigenvalue weighted by molar-refractivity contribution is 6.42. The van der Waals surface area contributed by atoms with Crippen molar-refractivity contribution in [2.24, 2.45) is 11.7 Å². The van der Waals surface area contributed by atoms with Gasteiger partial charge < -0.3 is 11.1 Å². The van der Waals surface area contributed by atoms with Crippen LogP contribution in [0.1, 0.15) is 20.8 Å². The molecule has 0 aliphatic rings. The van der Waals surface area contributed by atoms with E-state index < -0.39 is 23.9 Å². The number of benzene rings is 1. The number of imide groups is 1. The largest absolute Gasteiger partial charge is 0.374 e. The standard InChI is InChI=1S/C14H19Cl2N3O2/c1-7(2)12(17)14(21)19-13(20)8(3)18-9-4-5-10(15)11(16)6-9/h4-8,12,18H,17H2,1-3H3,(H,19,20,21)/t8-,12-/m0/s1. The number of anilines is 1. The smallest absolute Gasteiger partial charge is 0.248 e. The van der Waals surface area contributed by atoms with Gasteiger partial charge in [0.1, 0.15) is 6.04 Å². The van der Waals surface area contributed by atoms with Gasteiger partial charge >= 0.3 is 0 Å². The van der Waals surface area contributed by atoms with Gasteiger partial charge in [-0.3, -0.25) is 14.9 Å². The Bertz CT molecular complexity index is 535. The van der Waals surface area contributed by atoms with Crippen LogP contribution in [0.15, 0.2) is 18.2 Å². The predicted octanol–water partition coefficient (Wildman–Crippen LogP) is 2.42. The van der Waals surface area contributed by atoms with Gasteiger partial charge in [0.25, 0.3) is 0 Å². The summed E-state index contributed by atoms with van der Waals surface area (Å²) in [5, 5.41) is 6.03. The Morgan fingerprint density at radius 2 is 1.71 bits per heavy atom. The van der Waals surface area contributed by atoms with Crippen LogP contribution in [0.25, 0.3) is 0 Å². The second kappa shape index (κ2) is 7.64. The van der Waals surface area contributed by atoms with Gasteiger partial charge in [-0.2, -0.15) is 0 Å². The molecule has 1 aromatic rings. The summed E-state index contributed by atoms with van der Waals surface area (Å²) in [4.78, 5) is 23.7. The molecule has 116 valence electrons. The Morgan fingerprint density at radius 1 is 1.10 bits per heavy atom. The Kier molecular flexibility index (Phi) is 6.45. The van der Waals surface area contributed by atoms with E-state index in [0.29, 0.717) is 15.7 Å². The van der Waals surface area contributed by atoms with E-state index in [1.54, 1.807) is 25.1 Å². The Morgan fingerprint density at radius 3 is 2.24 bits per heavy atom. The number of nitrogens with two attached hydrogens (primary N) is 1. The monoisotopic (exact) mass is 331 g/mol. The van der Waals surface area contributed by atoms with Gasteiger partial charge in [-0.05, 0) is 31.0 Å². The lowest BCUT2D eigenvalue weighted by atomic mass is 10.0. The molecule has 7 heteroatoms. The number of rotatable bonds is 5. The van der Waals surface area contributed by atoms with Crippen molar-refractivity contribution < 1.29 is 9.59 Å². The van der Waals surface area contributed by atoms with Crippen LogP contribution in [-0.4, -0.2) is 23.9 Å². The van der Waals surface area contributed by atoms with Gasteiger partial charge in [0, 0.05) is 5.69 Å². The zero-order valence-corrected chi connectivity index (χ0v) is 13.6. The third-order valence-corrected chi connectivity index (χ3v) is 3.70. The summed E-state index contributed by atoms with van der Waals surface area (Å²) in [6.07, 6.45) is 0. The van der Waals surface area contributed by atoms with Gasteiger partial charge in [-0.1, -0.05) is 37.0 Å². The minimum atomic E-state index is -0.717. The van der Waals surface area contributed by atoms with Gasteiger partial charge in [0.15, 0.2) is 0 Å². The highest BCUT2D eigenvalue weighted by atomic mass is 35.5. The average molecular weight is 332 g/mol.